The predicted octanol–water partition coefficient (Wildman–Crippen LogP) is 1.34. The molecule has 3 aromatic rings. The van der Waals surface area contributed by atoms with Gasteiger partial charge in [0.15, 0.2) is 0 Å². The van der Waals surface area contributed by atoms with Crippen LogP contribution in [0, 0.1) is 0 Å². The van der Waals surface area contributed by atoms with E-state index >= 15 is 0 Å². The van der Waals surface area contributed by atoms with Crippen LogP contribution < -0.4 is 5.69 Å². The summed E-state index contributed by atoms with van der Waals surface area (Å²) in [6, 6.07) is 7.70. The number of aryl methyl sites for hydroxylation is 1. The number of aromatic nitrogens is 4. The van der Waals surface area contributed by atoms with Crippen LogP contribution in [-0.4, -0.2) is 42.6 Å². The molecular weight excluding hydrogens is 294 g/mol. The molecule has 0 bridgehead atoms. The van der Waals surface area contributed by atoms with E-state index in [1.165, 1.54) is 4.68 Å². The third-order valence-electron chi connectivity index (χ3n) is 4.19. The summed E-state index contributed by atoms with van der Waals surface area (Å²) in [7, 11) is 0. The zero-order valence-corrected chi connectivity index (χ0v) is 13.7. The highest BCUT2D eigenvalue weighted by Crippen LogP contribution is 2.17. The van der Waals surface area contributed by atoms with Gasteiger partial charge in [-0.25, -0.2) is 13.9 Å². The summed E-state index contributed by atoms with van der Waals surface area (Å²) < 4.78 is 4.82. The molecule has 0 fully saturated rings. The van der Waals surface area contributed by atoms with Gasteiger partial charge in [-0.15, -0.1) is 5.10 Å². The van der Waals surface area contributed by atoms with Crippen molar-refractivity contribution < 1.29 is 4.79 Å². The first-order valence-corrected chi connectivity index (χ1v) is 7.96. The quantitative estimate of drug-likeness (QED) is 0.714. The molecule has 0 radical (unpaired) electrons. The van der Waals surface area contributed by atoms with Gasteiger partial charge >= 0.3 is 5.69 Å². The maximum absolute atomic E-state index is 12.7. The lowest BCUT2D eigenvalue weighted by molar-refractivity contribution is -0.131. The van der Waals surface area contributed by atoms with E-state index in [-0.39, 0.29) is 18.1 Å². The largest absolute Gasteiger partial charge is 0.352 e. The first-order valence-electron chi connectivity index (χ1n) is 7.96. The molecule has 2 aromatic heterocycles. The zero-order chi connectivity index (χ0) is 16.6. The van der Waals surface area contributed by atoms with Crippen molar-refractivity contribution in [3.63, 3.8) is 0 Å². The minimum Gasteiger partial charge on any atom is -0.342 e. The van der Waals surface area contributed by atoms with Crippen molar-refractivity contribution in [2.45, 2.75) is 33.9 Å². The summed E-state index contributed by atoms with van der Waals surface area (Å²) in [5.41, 5.74) is 1.51. The minimum absolute atomic E-state index is 0.0275. The molecule has 0 N–H and O–H groups in total. The van der Waals surface area contributed by atoms with E-state index in [4.69, 9.17) is 0 Å². The van der Waals surface area contributed by atoms with Crippen molar-refractivity contribution in [2.75, 3.05) is 13.1 Å². The lowest BCUT2D eigenvalue weighted by Crippen LogP contribution is -2.36. The summed E-state index contributed by atoms with van der Waals surface area (Å²) in [6.07, 6.45) is 0. The van der Waals surface area contributed by atoms with Crippen molar-refractivity contribution >= 4 is 22.7 Å². The van der Waals surface area contributed by atoms with Gasteiger partial charge in [0.2, 0.25) is 11.7 Å². The molecule has 0 aliphatic rings. The van der Waals surface area contributed by atoms with Gasteiger partial charge in [0.05, 0.1) is 11.0 Å². The van der Waals surface area contributed by atoms with Gasteiger partial charge in [-0.05, 0) is 32.9 Å². The number of benzene rings is 1. The summed E-state index contributed by atoms with van der Waals surface area (Å²) >= 11 is 0. The Morgan fingerprint density at radius 2 is 1.78 bits per heavy atom. The highest BCUT2D eigenvalue weighted by atomic mass is 16.2. The maximum atomic E-state index is 12.7. The number of amides is 1. The number of imidazole rings is 1. The molecule has 0 aliphatic carbocycles. The molecule has 1 amide bonds. The van der Waals surface area contributed by atoms with Crippen LogP contribution in [0.25, 0.3) is 16.8 Å². The molecule has 7 nitrogen and oxygen atoms in total. The number of hydrogen-bond acceptors (Lipinski definition) is 3. The average molecular weight is 315 g/mol. The second-order valence-corrected chi connectivity index (χ2v) is 5.37. The molecule has 0 saturated carbocycles. The van der Waals surface area contributed by atoms with Gasteiger partial charge in [0.25, 0.3) is 0 Å². The number of nitrogens with zero attached hydrogens (tertiary/aromatic N) is 5. The molecule has 0 aliphatic heterocycles. The second kappa shape index (κ2) is 5.91. The Kier molecular flexibility index (Phi) is 3.94. The molecule has 0 unspecified atom stereocenters. The van der Waals surface area contributed by atoms with E-state index in [2.05, 4.69) is 5.10 Å². The number of para-hydroxylation sites is 2. The number of rotatable bonds is 5. The number of hydrogen-bond donors (Lipinski definition) is 0. The molecule has 0 spiro atoms. The Morgan fingerprint density at radius 3 is 2.39 bits per heavy atom. The second-order valence-electron chi connectivity index (χ2n) is 5.37. The highest BCUT2D eigenvalue weighted by molar-refractivity contribution is 5.80. The topological polar surface area (TPSA) is 64.5 Å². The van der Waals surface area contributed by atoms with E-state index in [1.54, 1.807) is 9.30 Å². The third-order valence-corrected chi connectivity index (χ3v) is 4.19. The molecule has 7 heteroatoms. The number of likely N-dealkylation sites (N-methyl/N-ethyl adjacent to an activating group) is 1. The van der Waals surface area contributed by atoms with Crippen LogP contribution in [-0.2, 0) is 17.9 Å². The van der Waals surface area contributed by atoms with Crippen LogP contribution in [0.5, 0.6) is 0 Å². The van der Waals surface area contributed by atoms with Gasteiger partial charge in [-0.3, -0.25) is 4.79 Å². The summed E-state index contributed by atoms with van der Waals surface area (Å²) in [5, 5.41) is 4.39. The summed E-state index contributed by atoms with van der Waals surface area (Å²) in [5.74, 6) is 0.483. The van der Waals surface area contributed by atoms with Gasteiger partial charge in [-0.1, -0.05) is 12.1 Å². The SMILES string of the molecule is CCN(CC)C(=O)Cn1nc2n(CC)c3ccccc3n2c1=O. The fraction of sp³-hybridized carbons (Fsp3) is 0.438. The molecular formula is C16H21N5O2. The third kappa shape index (κ3) is 2.32. The molecule has 3 rings (SSSR count). The van der Waals surface area contributed by atoms with E-state index in [0.717, 1.165) is 11.0 Å². The zero-order valence-electron chi connectivity index (χ0n) is 13.7. The van der Waals surface area contributed by atoms with Gasteiger partial charge in [0, 0.05) is 19.6 Å². The van der Waals surface area contributed by atoms with Crippen LogP contribution in [0.3, 0.4) is 0 Å². The molecule has 0 saturated heterocycles. The van der Waals surface area contributed by atoms with Gasteiger partial charge in [-0.2, -0.15) is 0 Å². The van der Waals surface area contributed by atoms with Gasteiger partial charge < -0.3 is 9.47 Å². The molecule has 23 heavy (non-hydrogen) atoms. The van der Waals surface area contributed by atoms with Crippen molar-refractivity contribution in [2.24, 2.45) is 0 Å². The molecule has 1 aromatic carbocycles. The van der Waals surface area contributed by atoms with Gasteiger partial charge in [0.1, 0.15) is 6.54 Å². The van der Waals surface area contributed by atoms with Crippen LogP contribution >= 0.6 is 0 Å². The number of carbonyl (C=O) groups is 1. The predicted molar refractivity (Wildman–Crippen MR) is 88.6 cm³/mol. The first-order chi connectivity index (χ1) is 11.1. The van der Waals surface area contributed by atoms with E-state index < -0.39 is 0 Å². The molecule has 2 heterocycles. The Morgan fingerprint density at radius 1 is 1.13 bits per heavy atom. The van der Waals surface area contributed by atoms with Crippen LogP contribution in [0.4, 0.5) is 0 Å². The highest BCUT2D eigenvalue weighted by Gasteiger charge is 2.19. The minimum atomic E-state index is -0.274. The standard InChI is InChI=1S/C16H21N5O2/c1-4-18(5-2)14(22)11-20-16(23)21-13-10-8-7-9-12(13)19(6-3)15(21)17-20/h7-10H,4-6,11H2,1-3H3. The van der Waals surface area contributed by atoms with Crippen LogP contribution in [0.2, 0.25) is 0 Å². The van der Waals surface area contributed by atoms with Crippen molar-refractivity contribution in [3.05, 3.63) is 34.7 Å². The first kappa shape index (κ1) is 15.3. The van der Waals surface area contributed by atoms with E-state index in [0.29, 0.717) is 25.4 Å². The normalized spacial score (nSPS) is 11.4. The lowest BCUT2D eigenvalue weighted by Gasteiger charge is -2.17. The maximum Gasteiger partial charge on any atom is 0.352 e. The fourth-order valence-electron chi connectivity index (χ4n) is 2.99. The summed E-state index contributed by atoms with van der Waals surface area (Å²) in [6.45, 7) is 7.79. The van der Waals surface area contributed by atoms with Crippen molar-refractivity contribution in [3.8, 4) is 0 Å². The average Bonchev–Trinajstić information content (AvgIpc) is 3.03. The Bertz CT molecular complexity index is 914. The Balaban J connectivity index is 2.13. The van der Waals surface area contributed by atoms with E-state index in [9.17, 15) is 9.59 Å². The lowest BCUT2D eigenvalue weighted by atomic mass is 10.3. The van der Waals surface area contributed by atoms with Crippen molar-refractivity contribution in [1.82, 2.24) is 23.6 Å². The van der Waals surface area contributed by atoms with E-state index in [1.807, 2.05) is 49.6 Å². The van der Waals surface area contributed by atoms with Crippen LogP contribution in [0.15, 0.2) is 29.1 Å². The monoisotopic (exact) mass is 315 g/mol. The fourth-order valence-corrected chi connectivity index (χ4v) is 2.99. The van der Waals surface area contributed by atoms with Crippen LogP contribution in [0.1, 0.15) is 20.8 Å². The molecule has 122 valence electrons. The Hall–Kier alpha value is -2.57. The smallest absolute Gasteiger partial charge is 0.342 e. The van der Waals surface area contributed by atoms with Crippen molar-refractivity contribution in [1.29, 1.82) is 0 Å². The number of fused-ring (bicyclic) bond motifs is 3. The number of carbonyl (C=O) groups excluding carboxylic acids is 1. The summed E-state index contributed by atoms with van der Waals surface area (Å²) in [4.78, 5) is 26.6. The Labute approximate surface area is 133 Å². The molecule has 0 atom stereocenters.